The summed E-state index contributed by atoms with van der Waals surface area (Å²) in [5.74, 6) is -2.56. The van der Waals surface area contributed by atoms with Gasteiger partial charge in [0.2, 0.25) is 5.91 Å². The van der Waals surface area contributed by atoms with Crippen LogP contribution in [-0.4, -0.2) is 30.3 Å². The Morgan fingerprint density at radius 3 is 2.23 bits per heavy atom. The third-order valence-corrected chi connectivity index (χ3v) is 4.63. The summed E-state index contributed by atoms with van der Waals surface area (Å²) >= 11 is 17.5. The molecule has 2 aromatic carbocycles. The maximum absolute atomic E-state index is 11.9. The molecule has 0 aromatic heterocycles. The Bertz CT molecular complexity index is 968. The van der Waals surface area contributed by atoms with Crippen LogP contribution in [0.4, 0.5) is 5.69 Å². The molecule has 3 N–H and O–H groups in total. The summed E-state index contributed by atoms with van der Waals surface area (Å²) in [6.07, 6.45) is -0.538. The fourth-order valence-electron chi connectivity index (χ4n) is 2.11. The number of halogens is 3. The highest BCUT2D eigenvalue weighted by atomic mass is 35.5. The topological polar surface area (TPSA) is 114 Å². The van der Waals surface area contributed by atoms with Crippen LogP contribution >= 0.6 is 34.8 Å². The first-order valence-corrected chi connectivity index (χ1v) is 9.64. The molecule has 0 fully saturated rings. The van der Waals surface area contributed by atoms with Gasteiger partial charge in [0.25, 0.3) is 11.8 Å². The number of benzene rings is 2. The van der Waals surface area contributed by atoms with Crippen LogP contribution in [0.15, 0.2) is 42.5 Å². The predicted octanol–water partition coefficient (Wildman–Crippen LogP) is 3.37. The number of rotatable bonds is 7. The van der Waals surface area contributed by atoms with Crippen LogP contribution in [0.1, 0.15) is 23.2 Å². The second-order valence-corrected chi connectivity index (χ2v) is 7.04. The zero-order chi connectivity index (χ0) is 22.1. The van der Waals surface area contributed by atoms with Crippen molar-refractivity contribution in [3.63, 3.8) is 0 Å². The number of hydrogen-bond acceptors (Lipinski definition) is 5. The quantitative estimate of drug-likeness (QED) is 0.422. The summed E-state index contributed by atoms with van der Waals surface area (Å²) in [6.45, 7) is -0.538. The average molecular weight is 473 g/mol. The summed E-state index contributed by atoms with van der Waals surface area (Å²) < 4.78 is 4.80. The van der Waals surface area contributed by atoms with Crippen LogP contribution in [0.25, 0.3) is 0 Å². The van der Waals surface area contributed by atoms with E-state index < -0.39 is 30.3 Å². The molecule has 3 amide bonds. The molecule has 0 aliphatic rings. The number of esters is 1. The highest BCUT2D eigenvalue weighted by Crippen LogP contribution is 2.24. The van der Waals surface area contributed by atoms with E-state index in [-0.39, 0.29) is 28.5 Å². The van der Waals surface area contributed by atoms with Crippen molar-refractivity contribution in [1.82, 2.24) is 10.9 Å². The molecular formula is C19H16Cl3N3O5. The number of carbonyl (C=O) groups is 4. The monoisotopic (exact) mass is 471 g/mol. The minimum atomic E-state index is -0.758. The molecule has 2 aromatic rings. The number of hydrogen-bond donors (Lipinski definition) is 3. The highest BCUT2D eigenvalue weighted by Gasteiger charge is 2.13. The van der Waals surface area contributed by atoms with Gasteiger partial charge in [0.1, 0.15) is 0 Å². The van der Waals surface area contributed by atoms with Crippen molar-refractivity contribution in [1.29, 1.82) is 0 Å². The van der Waals surface area contributed by atoms with E-state index in [4.69, 9.17) is 39.5 Å². The zero-order valence-electron chi connectivity index (χ0n) is 15.3. The van der Waals surface area contributed by atoms with Crippen LogP contribution in [0, 0.1) is 0 Å². The third-order valence-electron chi connectivity index (χ3n) is 3.56. The van der Waals surface area contributed by atoms with E-state index in [2.05, 4.69) is 16.2 Å². The lowest BCUT2D eigenvalue weighted by atomic mass is 10.2. The first kappa shape index (κ1) is 23.5. The third kappa shape index (κ3) is 7.55. The van der Waals surface area contributed by atoms with E-state index in [1.807, 2.05) is 0 Å². The Morgan fingerprint density at radius 1 is 0.800 bits per heavy atom. The van der Waals surface area contributed by atoms with Crippen LogP contribution in [0.2, 0.25) is 15.1 Å². The molecule has 0 atom stereocenters. The molecule has 0 aliphatic heterocycles. The second-order valence-electron chi connectivity index (χ2n) is 5.82. The molecule has 0 aliphatic carbocycles. The molecule has 0 heterocycles. The van der Waals surface area contributed by atoms with Crippen molar-refractivity contribution in [2.24, 2.45) is 0 Å². The normalized spacial score (nSPS) is 10.1. The lowest BCUT2D eigenvalue weighted by Gasteiger charge is -2.09. The lowest BCUT2D eigenvalue weighted by molar-refractivity contribution is -0.148. The Balaban J connectivity index is 1.66. The Labute approximate surface area is 186 Å². The van der Waals surface area contributed by atoms with Crippen LogP contribution < -0.4 is 16.2 Å². The molecule has 0 spiro atoms. The van der Waals surface area contributed by atoms with E-state index >= 15 is 0 Å². The lowest BCUT2D eigenvalue weighted by Crippen LogP contribution is -2.41. The summed E-state index contributed by atoms with van der Waals surface area (Å²) in [4.78, 5) is 47.1. The van der Waals surface area contributed by atoms with Crippen LogP contribution in [0.5, 0.6) is 0 Å². The maximum Gasteiger partial charge on any atom is 0.306 e. The Hall–Kier alpha value is -2.81. The van der Waals surface area contributed by atoms with Crippen molar-refractivity contribution in [2.75, 3.05) is 11.9 Å². The molecule has 0 saturated carbocycles. The van der Waals surface area contributed by atoms with Crippen LogP contribution in [-0.2, 0) is 19.1 Å². The van der Waals surface area contributed by atoms with Crippen molar-refractivity contribution in [3.8, 4) is 0 Å². The summed E-state index contributed by atoms with van der Waals surface area (Å²) in [5, 5.41) is 3.31. The van der Waals surface area contributed by atoms with Gasteiger partial charge in [-0.15, -0.1) is 0 Å². The summed E-state index contributed by atoms with van der Waals surface area (Å²) in [6, 6.07) is 10.8. The molecule has 30 heavy (non-hydrogen) atoms. The van der Waals surface area contributed by atoms with Crippen molar-refractivity contribution in [2.45, 2.75) is 12.8 Å². The summed E-state index contributed by atoms with van der Waals surface area (Å²) in [7, 11) is 0. The van der Waals surface area contributed by atoms with E-state index in [1.165, 1.54) is 30.3 Å². The molecule has 8 nitrogen and oxygen atoms in total. The molecule has 0 unspecified atom stereocenters. The Kier molecular flexibility index (Phi) is 8.91. The van der Waals surface area contributed by atoms with E-state index in [1.54, 1.807) is 12.1 Å². The fourth-order valence-corrected chi connectivity index (χ4v) is 2.63. The van der Waals surface area contributed by atoms with Gasteiger partial charge in [-0.3, -0.25) is 30.0 Å². The van der Waals surface area contributed by atoms with Crippen LogP contribution in [0.3, 0.4) is 0 Å². The van der Waals surface area contributed by atoms with Crippen molar-refractivity contribution in [3.05, 3.63) is 63.1 Å². The molecule has 11 heteroatoms. The highest BCUT2D eigenvalue weighted by molar-refractivity contribution is 6.42. The number of amides is 3. The zero-order valence-corrected chi connectivity index (χ0v) is 17.6. The Morgan fingerprint density at radius 2 is 1.53 bits per heavy atom. The van der Waals surface area contributed by atoms with E-state index in [9.17, 15) is 19.2 Å². The van der Waals surface area contributed by atoms with Gasteiger partial charge in [-0.2, -0.15) is 0 Å². The smallest absolute Gasteiger partial charge is 0.306 e. The number of hydrazine groups is 1. The molecule has 0 radical (unpaired) electrons. The second kappa shape index (κ2) is 11.4. The van der Waals surface area contributed by atoms with Gasteiger partial charge in [0.05, 0.1) is 27.1 Å². The number of anilines is 1. The molecule has 0 saturated heterocycles. The molecular weight excluding hydrogens is 457 g/mol. The first-order chi connectivity index (χ1) is 14.3. The molecule has 0 bridgehead atoms. The average Bonchev–Trinajstić information content (AvgIpc) is 2.72. The van der Waals surface area contributed by atoms with Crippen molar-refractivity contribution >= 4 is 64.2 Å². The molecule has 2 rings (SSSR count). The van der Waals surface area contributed by atoms with E-state index in [0.717, 1.165) is 0 Å². The minimum Gasteiger partial charge on any atom is -0.456 e. The predicted molar refractivity (Wildman–Crippen MR) is 112 cm³/mol. The van der Waals surface area contributed by atoms with Gasteiger partial charge in [0, 0.05) is 12.1 Å². The number of ether oxygens (including phenoxy) is 1. The number of carbonyl (C=O) groups excluding carboxylic acids is 4. The maximum atomic E-state index is 11.9. The minimum absolute atomic E-state index is 0.187. The van der Waals surface area contributed by atoms with E-state index in [0.29, 0.717) is 10.7 Å². The number of nitrogens with one attached hydrogen (secondary N) is 3. The van der Waals surface area contributed by atoms with Crippen molar-refractivity contribution < 1.29 is 23.9 Å². The van der Waals surface area contributed by atoms with Gasteiger partial charge in [0.15, 0.2) is 6.61 Å². The largest absolute Gasteiger partial charge is 0.456 e. The summed E-state index contributed by atoms with van der Waals surface area (Å²) in [5.41, 5.74) is 4.93. The fraction of sp³-hybridized carbons (Fsp3) is 0.158. The van der Waals surface area contributed by atoms with Gasteiger partial charge in [-0.05, 0) is 30.3 Å². The standard InChI is InChI=1S/C19H16Cl3N3O5/c20-13-4-2-1-3-12(13)19(29)25-24-16(26)7-8-18(28)30-10-17(27)23-11-5-6-14(21)15(22)9-11/h1-6,9H,7-8,10H2,(H,23,27)(H,24,26)(H,25,29). The van der Waals surface area contributed by atoms with Gasteiger partial charge in [-0.25, -0.2) is 0 Å². The SMILES string of the molecule is O=C(CCC(=O)OCC(=O)Nc1ccc(Cl)c(Cl)c1)NNC(=O)c1ccccc1Cl. The van der Waals surface area contributed by atoms with Gasteiger partial charge >= 0.3 is 5.97 Å². The first-order valence-electron chi connectivity index (χ1n) is 8.50. The van der Waals surface area contributed by atoms with Gasteiger partial charge in [-0.1, -0.05) is 46.9 Å². The van der Waals surface area contributed by atoms with Gasteiger partial charge < -0.3 is 10.1 Å². The molecule has 158 valence electrons.